The van der Waals surface area contributed by atoms with E-state index in [-0.39, 0.29) is 0 Å². The third kappa shape index (κ3) is 5.04. The van der Waals surface area contributed by atoms with Crippen LogP contribution in [0.5, 0.6) is 0 Å². The molecule has 2 rings (SSSR count). The zero-order chi connectivity index (χ0) is 15.2. The molecule has 0 amide bonds. The maximum atomic E-state index is 10.4. The van der Waals surface area contributed by atoms with E-state index in [0.717, 1.165) is 39.5 Å². The maximum Gasteiger partial charge on any atom is 0.328 e. The number of carboxylic acid groups (broad SMARTS) is 1. The van der Waals surface area contributed by atoms with E-state index >= 15 is 0 Å². The predicted octanol–water partition coefficient (Wildman–Crippen LogP) is 3.48. The summed E-state index contributed by atoms with van der Waals surface area (Å²) in [7, 11) is 0. The Hall–Kier alpha value is -2.14. The number of aliphatic carboxylic acids is 1. The van der Waals surface area contributed by atoms with Crippen molar-refractivity contribution in [1.29, 1.82) is 0 Å². The third-order valence-corrected chi connectivity index (χ3v) is 3.65. The molecule has 1 N–H and O–H groups in total. The molecule has 0 fully saturated rings. The Kier molecular flexibility index (Phi) is 5.11. The highest BCUT2D eigenvalue weighted by atomic mass is 32.2. The van der Waals surface area contributed by atoms with Crippen molar-refractivity contribution in [2.24, 2.45) is 0 Å². The van der Waals surface area contributed by atoms with Gasteiger partial charge in [-0.2, -0.15) is 0 Å². The van der Waals surface area contributed by atoms with Gasteiger partial charge in [0, 0.05) is 23.2 Å². The monoisotopic (exact) mass is 300 g/mol. The summed E-state index contributed by atoms with van der Waals surface area (Å²) in [5, 5.41) is 9.36. The van der Waals surface area contributed by atoms with Crippen LogP contribution in [0.2, 0.25) is 0 Å². The third-order valence-electron chi connectivity index (χ3n) is 2.73. The van der Waals surface area contributed by atoms with E-state index in [9.17, 15) is 4.79 Å². The minimum atomic E-state index is -0.943. The lowest BCUT2D eigenvalue weighted by Crippen LogP contribution is -1.93. The van der Waals surface area contributed by atoms with E-state index < -0.39 is 5.97 Å². The molecule has 2 aromatic rings. The van der Waals surface area contributed by atoms with Gasteiger partial charge in [0.2, 0.25) is 0 Å². The van der Waals surface area contributed by atoms with E-state index in [2.05, 4.69) is 9.97 Å². The SMILES string of the molecule is Cc1cc(C)nc(SCc2ccc(C=CC(=O)O)cc2)n1. The molecule has 0 spiro atoms. The van der Waals surface area contributed by atoms with Crippen LogP contribution in [0.25, 0.3) is 6.08 Å². The number of hydrogen-bond donors (Lipinski definition) is 1. The van der Waals surface area contributed by atoms with Gasteiger partial charge in [0.1, 0.15) is 0 Å². The number of hydrogen-bond acceptors (Lipinski definition) is 4. The van der Waals surface area contributed by atoms with Gasteiger partial charge >= 0.3 is 5.97 Å². The fourth-order valence-electron chi connectivity index (χ4n) is 1.80. The number of carboxylic acids is 1. The van der Waals surface area contributed by atoms with Crippen LogP contribution in [0, 0.1) is 13.8 Å². The number of benzene rings is 1. The molecule has 21 heavy (non-hydrogen) atoms. The maximum absolute atomic E-state index is 10.4. The smallest absolute Gasteiger partial charge is 0.328 e. The fraction of sp³-hybridized carbons (Fsp3) is 0.188. The van der Waals surface area contributed by atoms with Gasteiger partial charge in [-0.15, -0.1) is 0 Å². The number of aryl methyl sites for hydroxylation is 2. The largest absolute Gasteiger partial charge is 0.478 e. The Balaban J connectivity index is 1.99. The summed E-state index contributed by atoms with van der Waals surface area (Å²) in [5.74, 6) is -0.159. The highest BCUT2D eigenvalue weighted by molar-refractivity contribution is 7.98. The normalized spacial score (nSPS) is 11.0. The topological polar surface area (TPSA) is 63.1 Å². The van der Waals surface area contributed by atoms with Crippen molar-refractivity contribution in [2.75, 3.05) is 0 Å². The van der Waals surface area contributed by atoms with E-state index in [4.69, 9.17) is 5.11 Å². The van der Waals surface area contributed by atoms with Gasteiger partial charge in [-0.1, -0.05) is 36.0 Å². The zero-order valence-electron chi connectivity index (χ0n) is 11.9. The molecule has 0 radical (unpaired) electrons. The van der Waals surface area contributed by atoms with Crippen molar-refractivity contribution in [3.8, 4) is 0 Å². The first-order valence-electron chi connectivity index (χ1n) is 6.48. The average Bonchev–Trinajstić information content (AvgIpc) is 2.43. The lowest BCUT2D eigenvalue weighted by molar-refractivity contribution is -0.131. The minimum absolute atomic E-state index is 0.780. The second kappa shape index (κ2) is 7.04. The van der Waals surface area contributed by atoms with Crippen molar-refractivity contribution in [3.05, 3.63) is 58.9 Å². The van der Waals surface area contributed by atoms with Crippen LogP contribution >= 0.6 is 11.8 Å². The van der Waals surface area contributed by atoms with Crippen LogP contribution in [0.15, 0.2) is 41.6 Å². The van der Waals surface area contributed by atoms with Gasteiger partial charge in [-0.3, -0.25) is 0 Å². The number of nitrogens with zero attached hydrogens (tertiary/aromatic N) is 2. The molecule has 5 heteroatoms. The second-order valence-corrected chi connectivity index (χ2v) is 5.58. The van der Waals surface area contributed by atoms with Crippen LogP contribution in [0.4, 0.5) is 0 Å². The lowest BCUT2D eigenvalue weighted by Gasteiger charge is -2.03. The molecule has 0 aliphatic heterocycles. The predicted molar refractivity (Wildman–Crippen MR) is 84.2 cm³/mol. The highest BCUT2D eigenvalue weighted by Gasteiger charge is 2.01. The Bertz CT molecular complexity index is 646. The summed E-state index contributed by atoms with van der Waals surface area (Å²) in [6.45, 7) is 3.92. The number of thioether (sulfide) groups is 1. The molecule has 1 aromatic heterocycles. The van der Waals surface area contributed by atoms with Crippen molar-refractivity contribution in [3.63, 3.8) is 0 Å². The molecule has 108 valence electrons. The molecule has 0 aliphatic carbocycles. The van der Waals surface area contributed by atoms with Crippen molar-refractivity contribution >= 4 is 23.8 Å². The Morgan fingerprint density at radius 2 is 1.81 bits per heavy atom. The van der Waals surface area contributed by atoms with Crippen LogP contribution in [0.3, 0.4) is 0 Å². The Morgan fingerprint density at radius 1 is 1.19 bits per heavy atom. The molecular formula is C16H16N2O2S. The van der Waals surface area contributed by atoms with E-state index in [0.29, 0.717) is 0 Å². The van der Waals surface area contributed by atoms with Crippen LogP contribution in [-0.4, -0.2) is 21.0 Å². The van der Waals surface area contributed by atoms with E-state index in [1.165, 1.54) is 0 Å². The molecule has 1 aromatic carbocycles. The molecule has 0 unspecified atom stereocenters. The van der Waals surface area contributed by atoms with Gasteiger partial charge in [0.15, 0.2) is 5.16 Å². The summed E-state index contributed by atoms with van der Waals surface area (Å²) < 4.78 is 0. The standard InChI is InChI=1S/C16H16N2O2S/c1-11-9-12(2)18-16(17-11)21-10-14-5-3-13(4-6-14)7-8-15(19)20/h3-9H,10H2,1-2H3,(H,19,20). The molecule has 4 nitrogen and oxygen atoms in total. The van der Waals surface area contributed by atoms with Gasteiger partial charge in [0.25, 0.3) is 0 Å². The molecule has 0 atom stereocenters. The first-order chi connectivity index (χ1) is 10.0. The highest BCUT2D eigenvalue weighted by Crippen LogP contribution is 2.20. The second-order valence-electron chi connectivity index (χ2n) is 4.64. The quantitative estimate of drug-likeness (QED) is 0.520. The number of carbonyl (C=O) groups is 1. The van der Waals surface area contributed by atoms with Gasteiger partial charge < -0.3 is 5.11 Å². The average molecular weight is 300 g/mol. The molecule has 0 saturated carbocycles. The first kappa shape index (κ1) is 15.3. The van der Waals surface area contributed by atoms with Gasteiger partial charge in [0.05, 0.1) is 0 Å². The van der Waals surface area contributed by atoms with Crippen molar-refractivity contribution in [2.45, 2.75) is 24.8 Å². The van der Waals surface area contributed by atoms with Crippen molar-refractivity contribution in [1.82, 2.24) is 9.97 Å². The van der Waals surface area contributed by atoms with Gasteiger partial charge in [-0.05, 0) is 37.1 Å². The summed E-state index contributed by atoms with van der Waals surface area (Å²) >= 11 is 1.59. The minimum Gasteiger partial charge on any atom is -0.478 e. The molecule has 0 bridgehead atoms. The summed E-state index contributed by atoms with van der Waals surface area (Å²) in [6, 6.07) is 9.72. The molecule has 1 heterocycles. The molecular weight excluding hydrogens is 284 g/mol. The number of rotatable bonds is 5. The summed E-state index contributed by atoms with van der Waals surface area (Å²) in [6.07, 6.45) is 2.71. The Morgan fingerprint density at radius 3 is 2.38 bits per heavy atom. The fourth-order valence-corrected chi connectivity index (χ4v) is 2.70. The van der Waals surface area contributed by atoms with Crippen LogP contribution < -0.4 is 0 Å². The number of aromatic nitrogens is 2. The summed E-state index contributed by atoms with van der Waals surface area (Å²) in [5.41, 5.74) is 3.96. The molecule has 0 saturated heterocycles. The lowest BCUT2D eigenvalue weighted by atomic mass is 10.1. The van der Waals surface area contributed by atoms with E-state index in [1.54, 1.807) is 17.8 Å². The van der Waals surface area contributed by atoms with E-state index in [1.807, 2.05) is 44.2 Å². The van der Waals surface area contributed by atoms with Crippen LogP contribution in [-0.2, 0) is 10.5 Å². The van der Waals surface area contributed by atoms with Crippen LogP contribution in [0.1, 0.15) is 22.5 Å². The molecule has 0 aliphatic rings. The van der Waals surface area contributed by atoms with Crippen molar-refractivity contribution < 1.29 is 9.90 Å². The first-order valence-corrected chi connectivity index (χ1v) is 7.46. The Labute approximate surface area is 128 Å². The van der Waals surface area contributed by atoms with Gasteiger partial charge in [-0.25, -0.2) is 14.8 Å². The summed E-state index contributed by atoms with van der Waals surface area (Å²) in [4.78, 5) is 19.2. The zero-order valence-corrected chi connectivity index (χ0v) is 12.7.